The number of carbonyl (C=O) groups is 2. The Morgan fingerprint density at radius 3 is 2.17 bits per heavy atom. The normalized spacial score (nSPS) is 13.8. The molecule has 0 spiro atoms. The number of amides is 2. The Labute approximate surface area is 150 Å². The Morgan fingerprint density at radius 1 is 0.958 bits per heavy atom. The first-order chi connectivity index (χ1) is 11.5. The lowest BCUT2D eigenvalue weighted by molar-refractivity contribution is 0.0640. The topological polar surface area (TPSA) is 40.6 Å². The molecular formula is C18H16Cl2N2O2. The van der Waals surface area contributed by atoms with Gasteiger partial charge in [0.1, 0.15) is 0 Å². The molecule has 24 heavy (non-hydrogen) atoms. The molecule has 0 N–H and O–H groups in total. The van der Waals surface area contributed by atoms with E-state index in [1.165, 1.54) is 4.90 Å². The van der Waals surface area contributed by atoms with Crippen molar-refractivity contribution in [3.05, 3.63) is 69.2 Å². The first-order valence-corrected chi connectivity index (χ1v) is 8.30. The number of nitrogens with zero attached hydrogens (tertiary/aromatic N) is 2. The minimum atomic E-state index is -0.224. The van der Waals surface area contributed by atoms with Crippen molar-refractivity contribution in [3.63, 3.8) is 0 Å². The third kappa shape index (κ3) is 3.31. The minimum absolute atomic E-state index is 0.224. The van der Waals surface area contributed by atoms with Crippen molar-refractivity contribution in [2.24, 2.45) is 0 Å². The van der Waals surface area contributed by atoms with Crippen molar-refractivity contribution >= 4 is 35.0 Å². The Morgan fingerprint density at radius 2 is 1.58 bits per heavy atom. The SMILES string of the molecule is CN(CCN1C(=O)c2ccccc2C1=O)Cc1ccc(Cl)c(Cl)c1. The molecule has 6 heteroatoms. The van der Waals surface area contributed by atoms with Crippen molar-refractivity contribution in [1.82, 2.24) is 9.80 Å². The summed E-state index contributed by atoms with van der Waals surface area (Å²) in [4.78, 5) is 28.0. The Kier molecular flexibility index (Phi) is 4.90. The monoisotopic (exact) mass is 362 g/mol. The van der Waals surface area contributed by atoms with Crippen LogP contribution in [-0.2, 0) is 6.54 Å². The van der Waals surface area contributed by atoms with E-state index in [-0.39, 0.29) is 11.8 Å². The average molecular weight is 363 g/mol. The summed E-state index contributed by atoms with van der Waals surface area (Å²) in [5, 5.41) is 1.04. The second-order valence-electron chi connectivity index (χ2n) is 5.79. The third-order valence-electron chi connectivity index (χ3n) is 4.02. The van der Waals surface area contributed by atoms with Gasteiger partial charge in [0.2, 0.25) is 0 Å². The summed E-state index contributed by atoms with van der Waals surface area (Å²) in [5.74, 6) is -0.447. The molecule has 0 saturated carbocycles. The zero-order valence-electron chi connectivity index (χ0n) is 13.1. The molecule has 0 saturated heterocycles. The van der Waals surface area contributed by atoms with Gasteiger partial charge in [0.05, 0.1) is 21.2 Å². The summed E-state index contributed by atoms with van der Waals surface area (Å²) in [5.41, 5.74) is 1.98. The van der Waals surface area contributed by atoms with Gasteiger partial charge in [-0.1, -0.05) is 41.4 Å². The van der Waals surface area contributed by atoms with E-state index < -0.39 is 0 Å². The van der Waals surface area contributed by atoms with E-state index in [4.69, 9.17) is 23.2 Å². The zero-order chi connectivity index (χ0) is 17.3. The van der Waals surface area contributed by atoms with Crippen LogP contribution in [0.4, 0.5) is 0 Å². The minimum Gasteiger partial charge on any atom is -0.300 e. The Bertz CT molecular complexity index is 772. The number of hydrogen-bond donors (Lipinski definition) is 0. The van der Waals surface area contributed by atoms with Crippen LogP contribution in [0.1, 0.15) is 26.3 Å². The van der Waals surface area contributed by atoms with Gasteiger partial charge in [-0.2, -0.15) is 0 Å². The number of rotatable bonds is 5. The van der Waals surface area contributed by atoms with Gasteiger partial charge < -0.3 is 4.90 Å². The molecule has 0 fully saturated rings. The number of benzene rings is 2. The van der Waals surface area contributed by atoms with E-state index >= 15 is 0 Å². The maximum atomic E-state index is 12.3. The summed E-state index contributed by atoms with van der Waals surface area (Å²) in [7, 11) is 1.93. The van der Waals surface area contributed by atoms with E-state index in [1.54, 1.807) is 30.3 Å². The number of fused-ring (bicyclic) bond motifs is 1. The molecule has 0 bridgehead atoms. The maximum Gasteiger partial charge on any atom is 0.261 e. The predicted octanol–water partition coefficient (Wildman–Crippen LogP) is 3.72. The molecule has 1 aliphatic rings. The van der Waals surface area contributed by atoms with E-state index in [0.29, 0.717) is 40.8 Å². The molecule has 0 aliphatic carbocycles. The summed E-state index contributed by atoms with van der Waals surface area (Å²) in [6.45, 7) is 1.58. The molecule has 0 radical (unpaired) electrons. The van der Waals surface area contributed by atoms with E-state index in [2.05, 4.69) is 0 Å². The van der Waals surface area contributed by atoms with Crippen molar-refractivity contribution < 1.29 is 9.59 Å². The first kappa shape index (κ1) is 17.0. The van der Waals surface area contributed by atoms with Crippen LogP contribution in [0, 0.1) is 0 Å². The summed E-state index contributed by atoms with van der Waals surface area (Å²) in [6, 6.07) is 12.4. The van der Waals surface area contributed by atoms with Crippen LogP contribution in [0.2, 0.25) is 10.0 Å². The van der Waals surface area contributed by atoms with Crippen LogP contribution in [0.3, 0.4) is 0 Å². The smallest absolute Gasteiger partial charge is 0.261 e. The van der Waals surface area contributed by atoms with Crippen molar-refractivity contribution in [2.45, 2.75) is 6.54 Å². The fraction of sp³-hybridized carbons (Fsp3) is 0.222. The fourth-order valence-corrected chi connectivity index (χ4v) is 3.06. The van der Waals surface area contributed by atoms with Crippen LogP contribution in [0.5, 0.6) is 0 Å². The lowest BCUT2D eigenvalue weighted by Crippen LogP contribution is -2.36. The standard InChI is InChI=1S/C18H16Cl2N2O2/c1-21(11-12-6-7-15(19)16(20)10-12)8-9-22-17(23)13-4-2-3-5-14(13)18(22)24/h2-7,10H,8-9,11H2,1H3. The fourth-order valence-electron chi connectivity index (χ4n) is 2.74. The number of carbonyl (C=O) groups excluding carboxylic acids is 2. The van der Waals surface area contributed by atoms with Gasteiger partial charge in [0.15, 0.2) is 0 Å². The molecule has 2 aromatic rings. The van der Waals surface area contributed by atoms with Crippen LogP contribution in [-0.4, -0.2) is 41.8 Å². The number of likely N-dealkylation sites (N-methyl/N-ethyl adjacent to an activating group) is 1. The lowest BCUT2D eigenvalue weighted by Gasteiger charge is -2.20. The number of hydrogen-bond acceptors (Lipinski definition) is 3. The van der Waals surface area contributed by atoms with Crippen LogP contribution >= 0.6 is 23.2 Å². The van der Waals surface area contributed by atoms with E-state index in [9.17, 15) is 9.59 Å². The largest absolute Gasteiger partial charge is 0.300 e. The van der Waals surface area contributed by atoms with Crippen molar-refractivity contribution in [1.29, 1.82) is 0 Å². The molecule has 0 atom stereocenters. The quantitative estimate of drug-likeness (QED) is 0.761. The van der Waals surface area contributed by atoms with Gasteiger partial charge in [-0.25, -0.2) is 0 Å². The summed E-state index contributed by atoms with van der Waals surface area (Å²) >= 11 is 11.9. The summed E-state index contributed by atoms with van der Waals surface area (Å²) in [6.07, 6.45) is 0. The van der Waals surface area contributed by atoms with Gasteiger partial charge in [-0.3, -0.25) is 14.5 Å². The van der Waals surface area contributed by atoms with E-state index in [1.807, 2.05) is 24.1 Å². The predicted molar refractivity (Wildman–Crippen MR) is 94.6 cm³/mol. The highest BCUT2D eigenvalue weighted by Gasteiger charge is 2.34. The van der Waals surface area contributed by atoms with Crippen molar-refractivity contribution in [2.75, 3.05) is 20.1 Å². The second kappa shape index (κ2) is 6.93. The molecule has 124 valence electrons. The lowest BCUT2D eigenvalue weighted by atomic mass is 10.1. The highest BCUT2D eigenvalue weighted by molar-refractivity contribution is 6.42. The molecule has 4 nitrogen and oxygen atoms in total. The molecule has 0 aromatic heterocycles. The Hall–Kier alpha value is -1.88. The van der Waals surface area contributed by atoms with Crippen LogP contribution in [0.25, 0.3) is 0 Å². The number of imide groups is 1. The molecule has 3 rings (SSSR count). The molecule has 1 aliphatic heterocycles. The van der Waals surface area contributed by atoms with Gasteiger partial charge in [-0.15, -0.1) is 0 Å². The molecule has 2 amide bonds. The van der Waals surface area contributed by atoms with Crippen molar-refractivity contribution in [3.8, 4) is 0 Å². The molecule has 0 unspecified atom stereocenters. The van der Waals surface area contributed by atoms with Gasteiger partial charge >= 0.3 is 0 Å². The van der Waals surface area contributed by atoms with Crippen LogP contribution in [0.15, 0.2) is 42.5 Å². The van der Waals surface area contributed by atoms with E-state index in [0.717, 1.165) is 5.56 Å². The molecule has 1 heterocycles. The summed E-state index contributed by atoms with van der Waals surface area (Å²) < 4.78 is 0. The van der Waals surface area contributed by atoms with Gasteiger partial charge in [-0.05, 0) is 36.9 Å². The van der Waals surface area contributed by atoms with Gasteiger partial charge in [0, 0.05) is 19.6 Å². The number of halogens is 2. The third-order valence-corrected chi connectivity index (χ3v) is 4.76. The molecule has 2 aromatic carbocycles. The first-order valence-electron chi connectivity index (χ1n) is 7.55. The maximum absolute atomic E-state index is 12.3. The Balaban J connectivity index is 1.61. The molecular weight excluding hydrogens is 347 g/mol. The zero-order valence-corrected chi connectivity index (χ0v) is 14.6. The second-order valence-corrected chi connectivity index (χ2v) is 6.61. The average Bonchev–Trinajstić information content (AvgIpc) is 2.81. The van der Waals surface area contributed by atoms with Crippen LogP contribution < -0.4 is 0 Å². The highest BCUT2D eigenvalue weighted by atomic mass is 35.5. The van der Waals surface area contributed by atoms with Gasteiger partial charge in [0.25, 0.3) is 11.8 Å². The highest BCUT2D eigenvalue weighted by Crippen LogP contribution is 2.24.